The van der Waals surface area contributed by atoms with Crippen molar-refractivity contribution in [1.29, 1.82) is 5.26 Å². The summed E-state index contributed by atoms with van der Waals surface area (Å²) < 4.78 is 0.691. The quantitative estimate of drug-likeness (QED) is 0.850. The fourth-order valence-corrected chi connectivity index (χ4v) is 2.08. The minimum Gasteiger partial charge on any atom is -0.398 e. The Bertz CT molecular complexity index is 692. The molecule has 0 radical (unpaired) electrons. The van der Waals surface area contributed by atoms with Crippen LogP contribution in [-0.2, 0) is 6.54 Å². The van der Waals surface area contributed by atoms with Crippen LogP contribution >= 0.6 is 15.9 Å². The number of nitrogens with two attached hydrogens (primary N) is 1. The number of benzene rings is 2. The minimum absolute atomic E-state index is 0.187. The van der Waals surface area contributed by atoms with Crippen molar-refractivity contribution in [3.05, 3.63) is 63.6 Å². The zero-order chi connectivity index (χ0) is 14.5. The van der Waals surface area contributed by atoms with Crippen LogP contribution in [0.4, 0.5) is 5.69 Å². The van der Waals surface area contributed by atoms with Crippen molar-refractivity contribution < 1.29 is 4.79 Å². The largest absolute Gasteiger partial charge is 0.398 e. The van der Waals surface area contributed by atoms with E-state index >= 15 is 0 Å². The zero-order valence-electron chi connectivity index (χ0n) is 10.6. The van der Waals surface area contributed by atoms with E-state index in [4.69, 9.17) is 11.0 Å². The average Bonchev–Trinajstić information content (AvgIpc) is 2.47. The number of hydrogen-bond donors (Lipinski definition) is 2. The molecule has 3 N–H and O–H groups in total. The lowest BCUT2D eigenvalue weighted by Crippen LogP contribution is -2.22. The van der Waals surface area contributed by atoms with E-state index in [1.165, 1.54) is 0 Å². The summed E-state index contributed by atoms with van der Waals surface area (Å²) in [6, 6.07) is 14.2. The highest BCUT2D eigenvalue weighted by atomic mass is 79.9. The van der Waals surface area contributed by atoms with E-state index in [0.717, 1.165) is 5.56 Å². The zero-order valence-corrected chi connectivity index (χ0v) is 12.1. The standard InChI is InChI=1S/C15H12BrN3O/c16-13-7-12(4-5-14(13)18)15(20)19-9-11-3-1-2-10(6-11)8-17/h1-7H,9,18H2,(H,19,20). The summed E-state index contributed by atoms with van der Waals surface area (Å²) in [5, 5.41) is 11.6. The van der Waals surface area contributed by atoms with Gasteiger partial charge in [0.15, 0.2) is 0 Å². The van der Waals surface area contributed by atoms with Crippen LogP contribution in [0.25, 0.3) is 0 Å². The molecule has 0 aromatic heterocycles. The number of nitrogens with zero attached hydrogens (tertiary/aromatic N) is 1. The van der Waals surface area contributed by atoms with Crippen LogP contribution in [0, 0.1) is 11.3 Å². The molecule has 20 heavy (non-hydrogen) atoms. The van der Waals surface area contributed by atoms with Gasteiger partial charge in [-0.15, -0.1) is 0 Å². The molecule has 4 nitrogen and oxygen atoms in total. The highest BCUT2D eigenvalue weighted by molar-refractivity contribution is 9.10. The Kier molecular flexibility index (Phi) is 4.38. The van der Waals surface area contributed by atoms with Gasteiger partial charge >= 0.3 is 0 Å². The lowest BCUT2D eigenvalue weighted by Gasteiger charge is -2.07. The number of amides is 1. The second kappa shape index (κ2) is 6.22. The molecule has 100 valence electrons. The maximum Gasteiger partial charge on any atom is 0.251 e. The number of hydrogen-bond acceptors (Lipinski definition) is 3. The number of carbonyl (C=O) groups excluding carboxylic acids is 1. The molecule has 0 saturated carbocycles. The first-order valence-electron chi connectivity index (χ1n) is 5.92. The molecule has 0 spiro atoms. The summed E-state index contributed by atoms with van der Waals surface area (Å²) in [5.74, 6) is -0.187. The van der Waals surface area contributed by atoms with Gasteiger partial charge in [-0.3, -0.25) is 4.79 Å². The van der Waals surface area contributed by atoms with Crippen molar-refractivity contribution in [3.8, 4) is 6.07 Å². The van der Waals surface area contributed by atoms with Crippen molar-refractivity contribution in [2.45, 2.75) is 6.54 Å². The molecule has 5 heteroatoms. The Hall–Kier alpha value is -2.32. The normalized spacial score (nSPS) is 9.80. The summed E-state index contributed by atoms with van der Waals surface area (Å²) >= 11 is 3.29. The number of nitriles is 1. The second-order valence-electron chi connectivity index (χ2n) is 4.23. The van der Waals surface area contributed by atoms with E-state index in [1.807, 2.05) is 6.07 Å². The summed E-state index contributed by atoms with van der Waals surface area (Å²) in [5.41, 5.74) is 8.25. The number of nitrogen functional groups attached to an aromatic ring is 1. The van der Waals surface area contributed by atoms with Crippen molar-refractivity contribution in [1.82, 2.24) is 5.32 Å². The Morgan fingerprint density at radius 1 is 1.30 bits per heavy atom. The first kappa shape index (κ1) is 14.1. The second-order valence-corrected chi connectivity index (χ2v) is 5.09. The van der Waals surface area contributed by atoms with Gasteiger partial charge in [-0.25, -0.2) is 0 Å². The Morgan fingerprint density at radius 3 is 2.80 bits per heavy atom. The summed E-state index contributed by atoms with van der Waals surface area (Å²) in [6.07, 6.45) is 0. The van der Waals surface area contributed by atoms with Crippen molar-refractivity contribution in [2.75, 3.05) is 5.73 Å². The molecule has 0 bridgehead atoms. The fourth-order valence-electron chi connectivity index (χ4n) is 1.70. The summed E-state index contributed by atoms with van der Waals surface area (Å²) in [6.45, 7) is 0.371. The highest BCUT2D eigenvalue weighted by Gasteiger charge is 2.07. The van der Waals surface area contributed by atoms with Crippen molar-refractivity contribution in [2.24, 2.45) is 0 Å². The van der Waals surface area contributed by atoms with Crippen LogP contribution in [-0.4, -0.2) is 5.91 Å². The molecule has 0 heterocycles. The van der Waals surface area contributed by atoms with Gasteiger partial charge in [-0.1, -0.05) is 12.1 Å². The molecular weight excluding hydrogens is 318 g/mol. The average molecular weight is 330 g/mol. The van der Waals surface area contributed by atoms with Gasteiger partial charge in [-0.05, 0) is 51.8 Å². The van der Waals surface area contributed by atoms with Gasteiger partial charge < -0.3 is 11.1 Å². The van der Waals surface area contributed by atoms with E-state index in [2.05, 4.69) is 27.3 Å². The number of nitrogens with one attached hydrogen (secondary N) is 1. The molecule has 2 aromatic carbocycles. The molecule has 1 amide bonds. The molecule has 0 aliphatic heterocycles. The molecule has 0 aliphatic carbocycles. The predicted molar refractivity (Wildman–Crippen MR) is 80.9 cm³/mol. The smallest absolute Gasteiger partial charge is 0.251 e. The van der Waals surface area contributed by atoms with Gasteiger partial charge in [-0.2, -0.15) is 5.26 Å². The predicted octanol–water partition coefficient (Wildman–Crippen LogP) is 2.83. The van der Waals surface area contributed by atoms with Gasteiger partial charge in [0.05, 0.1) is 11.6 Å². The lowest BCUT2D eigenvalue weighted by atomic mass is 10.1. The monoisotopic (exact) mass is 329 g/mol. The molecule has 0 fully saturated rings. The number of rotatable bonds is 3. The van der Waals surface area contributed by atoms with Gasteiger partial charge in [0, 0.05) is 22.3 Å². The van der Waals surface area contributed by atoms with Crippen LogP contribution in [0.2, 0.25) is 0 Å². The Labute approximate surface area is 125 Å². The van der Waals surface area contributed by atoms with Crippen LogP contribution in [0.5, 0.6) is 0 Å². The number of carbonyl (C=O) groups is 1. The topological polar surface area (TPSA) is 78.9 Å². The number of anilines is 1. The molecule has 2 aromatic rings. The third kappa shape index (κ3) is 3.37. The SMILES string of the molecule is N#Cc1cccc(CNC(=O)c2ccc(N)c(Br)c2)c1. The summed E-state index contributed by atoms with van der Waals surface area (Å²) in [4.78, 5) is 12.0. The molecule has 2 rings (SSSR count). The summed E-state index contributed by atoms with van der Waals surface area (Å²) in [7, 11) is 0. The maximum absolute atomic E-state index is 12.0. The van der Waals surface area contributed by atoms with Crippen LogP contribution in [0.3, 0.4) is 0 Å². The van der Waals surface area contributed by atoms with E-state index in [9.17, 15) is 4.79 Å². The Morgan fingerprint density at radius 2 is 2.10 bits per heavy atom. The first-order valence-corrected chi connectivity index (χ1v) is 6.71. The lowest BCUT2D eigenvalue weighted by molar-refractivity contribution is 0.0951. The van der Waals surface area contributed by atoms with Crippen LogP contribution < -0.4 is 11.1 Å². The van der Waals surface area contributed by atoms with Gasteiger partial charge in [0.25, 0.3) is 5.91 Å². The van der Waals surface area contributed by atoms with Crippen LogP contribution in [0.15, 0.2) is 46.9 Å². The van der Waals surface area contributed by atoms with E-state index in [-0.39, 0.29) is 5.91 Å². The van der Waals surface area contributed by atoms with E-state index in [1.54, 1.807) is 36.4 Å². The first-order chi connectivity index (χ1) is 9.60. The number of halogens is 1. The van der Waals surface area contributed by atoms with Gasteiger partial charge in [0.1, 0.15) is 0 Å². The molecule has 0 unspecified atom stereocenters. The van der Waals surface area contributed by atoms with Gasteiger partial charge in [0.2, 0.25) is 0 Å². The third-order valence-electron chi connectivity index (χ3n) is 2.77. The molecule has 0 aliphatic rings. The molecular formula is C15H12BrN3O. The molecule has 0 atom stereocenters. The third-order valence-corrected chi connectivity index (χ3v) is 3.46. The van der Waals surface area contributed by atoms with Crippen molar-refractivity contribution in [3.63, 3.8) is 0 Å². The highest BCUT2D eigenvalue weighted by Crippen LogP contribution is 2.20. The van der Waals surface area contributed by atoms with E-state index < -0.39 is 0 Å². The van der Waals surface area contributed by atoms with E-state index in [0.29, 0.717) is 27.8 Å². The fraction of sp³-hybridized carbons (Fsp3) is 0.0667. The Balaban J connectivity index is 2.05. The van der Waals surface area contributed by atoms with Crippen LogP contribution in [0.1, 0.15) is 21.5 Å². The minimum atomic E-state index is -0.187. The maximum atomic E-state index is 12.0. The van der Waals surface area contributed by atoms with Crippen molar-refractivity contribution >= 4 is 27.5 Å². The molecule has 0 saturated heterocycles.